The number of hydrogen-bond donors (Lipinski definition) is 2. The zero-order valence-electron chi connectivity index (χ0n) is 19.3. The van der Waals surface area contributed by atoms with Crippen LogP contribution in [0.3, 0.4) is 0 Å². The normalized spacial score (nSPS) is 12.5. The number of fused-ring (bicyclic) bond motifs is 2. The number of ether oxygens (including phenoxy) is 2. The van der Waals surface area contributed by atoms with Crippen molar-refractivity contribution >= 4 is 28.8 Å². The second-order valence-corrected chi connectivity index (χ2v) is 8.18. The lowest BCUT2D eigenvalue weighted by Gasteiger charge is -2.08. The Kier molecular flexibility index (Phi) is 5.26. The van der Waals surface area contributed by atoms with E-state index in [1.165, 1.54) is 45.9 Å². The number of nitrogens with one attached hydrogen (secondary N) is 2. The summed E-state index contributed by atoms with van der Waals surface area (Å²) in [5.74, 6) is 0.824. The van der Waals surface area contributed by atoms with E-state index in [-0.39, 0.29) is 23.8 Å². The number of aromatic nitrogens is 6. The molecule has 0 spiro atoms. The number of anilines is 1. The predicted molar refractivity (Wildman–Crippen MR) is 132 cm³/mol. The molecule has 6 rings (SSSR count). The summed E-state index contributed by atoms with van der Waals surface area (Å²) in [6.07, 6.45) is 4.39. The fourth-order valence-electron chi connectivity index (χ4n) is 3.89. The maximum absolute atomic E-state index is 13.4. The average molecular weight is 499 g/mol. The number of carbonyl (C=O) groups is 1. The van der Waals surface area contributed by atoms with Crippen LogP contribution in [0.2, 0.25) is 0 Å². The van der Waals surface area contributed by atoms with Gasteiger partial charge in [0.15, 0.2) is 17.1 Å². The Bertz CT molecular complexity index is 1750. The van der Waals surface area contributed by atoms with Crippen LogP contribution in [0.1, 0.15) is 11.3 Å². The summed E-state index contributed by atoms with van der Waals surface area (Å²) < 4.78 is 26.8. The zero-order valence-corrected chi connectivity index (χ0v) is 19.3. The first-order valence-corrected chi connectivity index (χ1v) is 11.1. The van der Waals surface area contributed by atoms with Crippen molar-refractivity contribution in [3.8, 4) is 23.1 Å². The van der Waals surface area contributed by atoms with Gasteiger partial charge < -0.3 is 14.8 Å². The van der Waals surface area contributed by atoms with Gasteiger partial charge in [-0.1, -0.05) is 6.07 Å². The number of nitrogens with zero attached hydrogens (tertiary/aromatic N) is 5. The van der Waals surface area contributed by atoms with E-state index in [0.29, 0.717) is 28.7 Å². The van der Waals surface area contributed by atoms with Crippen LogP contribution in [0.5, 0.6) is 11.5 Å². The molecule has 12 heteroatoms. The molecule has 0 saturated carbocycles. The van der Waals surface area contributed by atoms with Crippen molar-refractivity contribution in [2.75, 3.05) is 12.1 Å². The number of aryl methyl sites for hydroxylation is 1. The van der Waals surface area contributed by atoms with E-state index in [2.05, 4.69) is 25.5 Å². The van der Waals surface area contributed by atoms with Crippen molar-refractivity contribution in [1.82, 2.24) is 29.5 Å². The van der Waals surface area contributed by atoms with Gasteiger partial charge in [0.25, 0.3) is 5.56 Å². The molecule has 3 aromatic heterocycles. The van der Waals surface area contributed by atoms with E-state index >= 15 is 0 Å². The number of rotatable bonds is 5. The lowest BCUT2D eigenvalue weighted by Crippen LogP contribution is -2.18. The first kappa shape index (κ1) is 22.2. The van der Waals surface area contributed by atoms with E-state index in [0.717, 1.165) is 5.56 Å². The monoisotopic (exact) mass is 499 g/mol. The minimum Gasteiger partial charge on any atom is -0.454 e. The second kappa shape index (κ2) is 8.75. The van der Waals surface area contributed by atoms with Crippen molar-refractivity contribution in [2.24, 2.45) is 0 Å². The third-order valence-corrected chi connectivity index (χ3v) is 5.60. The number of hydrogen-bond acceptors (Lipinski definition) is 7. The van der Waals surface area contributed by atoms with Crippen LogP contribution in [-0.2, 0) is 4.79 Å². The van der Waals surface area contributed by atoms with E-state index < -0.39 is 17.3 Å². The highest BCUT2D eigenvalue weighted by atomic mass is 19.1. The second-order valence-electron chi connectivity index (χ2n) is 8.18. The van der Waals surface area contributed by atoms with E-state index in [1.54, 1.807) is 37.3 Å². The lowest BCUT2D eigenvalue weighted by atomic mass is 10.2. The zero-order chi connectivity index (χ0) is 25.5. The quantitative estimate of drug-likeness (QED) is 0.356. The lowest BCUT2D eigenvalue weighted by molar-refractivity contribution is -0.111. The molecule has 11 nitrogen and oxygen atoms in total. The maximum Gasteiger partial charge on any atom is 0.263 e. The summed E-state index contributed by atoms with van der Waals surface area (Å²) in [6.45, 7) is 1.91. The van der Waals surface area contributed by atoms with Crippen molar-refractivity contribution < 1.29 is 18.7 Å². The number of carbonyl (C=O) groups excluding carboxylic acids is 1. The Morgan fingerprint density at radius 2 is 1.92 bits per heavy atom. The van der Waals surface area contributed by atoms with Gasteiger partial charge in [0, 0.05) is 12.1 Å². The topological polar surface area (TPSA) is 129 Å². The highest BCUT2D eigenvalue weighted by molar-refractivity contribution is 6.01. The Hall–Kier alpha value is -5.26. The molecule has 5 aromatic rings. The highest BCUT2D eigenvalue weighted by Gasteiger charge is 2.17. The van der Waals surface area contributed by atoms with Crippen molar-refractivity contribution in [3.05, 3.63) is 88.2 Å². The van der Waals surface area contributed by atoms with Crippen LogP contribution in [0.15, 0.2) is 65.6 Å². The molecule has 0 bridgehead atoms. The molecule has 0 atom stereocenters. The smallest absolute Gasteiger partial charge is 0.263 e. The summed E-state index contributed by atoms with van der Waals surface area (Å²) in [5.41, 5.74) is 1.68. The SMILES string of the molecule is Cc1cc(NC(=O)C=Cc2ccc3c(c2)OCO3)n(-c2nc3c(cnn3-c3ccc(F)cc3)c(=O)[nH]2)n1. The number of amides is 1. The standard InChI is InChI=1S/C25H18FN7O4/c1-14-10-21(28-22(34)9-3-15-2-8-19-20(11-15)37-13-36-19)33(31-14)25-29-23-18(24(35)30-25)12-27-32(23)17-6-4-16(26)5-7-17/h2-12H,13H2,1H3,(H,28,34)(H,29,30,35). The fraction of sp³-hybridized carbons (Fsp3) is 0.0800. The molecule has 0 fully saturated rings. The third kappa shape index (κ3) is 4.20. The number of H-pyrrole nitrogens is 1. The van der Waals surface area contributed by atoms with E-state index in [4.69, 9.17) is 9.47 Å². The van der Waals surface area contributed by atoms with Crippen LogP contribution < -0.4 is 20.3 Å². The van der Waals surface area contributed by atoms with Crippen LogP contribution in [-0.4, -0.2) is 42.2 Å². The maximum atomic E-state index is 13.4. The van der Waals surface area contributed by atoms with Crippen molar-refractivity contribution in [3.63, 3.8) is 0 Å². The van der Waals surface area contributed by atoms with Crippen molar-refractivity contribution in [1.29, 1.82) is 0 Å². The average Bonchev–Trinajstić information content (AvgIpc) is 3.61. The number of benzene rings is 2. The van der Waals surface area contributed by atoms with Gasteiger partial charge in [0.1, 0.15) is 17.0 Å². The van der Waals surface area contributed by atoms with Crippen LogP contribution in [0.4, 0.5) is 10.2 Å². The highest BCUT2D eigenvalue weighted by Crippen LogP contribution is 2.32. The summed E-state index contributed by atoms with van der Waals surface area (Å²) in [6, 6.07) is 12.6. The van der Waals surface area contributed by atoms with Gasteiger partial charge in [0.05, 0.1) is 17.6 Å². The molecular weight excluding hydrogens is 481 g/mol. The van der Waals surface area contributed by atoms with Gasteiger partial charge in [-0.3, -0.25) is 14.6 Å². The largest absolute Gasteiger partial charge is 0.454 e. The minimum atomic E-state index is -0.443. The fourth-order valence-corrected chi connectivity index (χ4v) is 3.89. The summed E-state index contributed by atoms with van der Waals surface area (Å²) in [4.78, 5) is 32.7. The summed E-state index contributed by atoms with van der Waals surface area (Å²) in [7, 11) is 0. The molecular formula is C25H18FN7O4. The van der Waals surface area contributed by atoms with Gasteiger partial charge in [-0.2, -0.15) is 19.9 Å². The molecule has 1 amide bonds. The summed E-state index contributed by atoms with van der Waals surface area (Å²) in [5, 5.41) is 11.6. The van der Waals surface area contributed by atoms with Crippen LogP contribution >= 0.6 is 0 Å². The molecule has 1 aliphatic rings. The molecule has 2 aromatic carbocycles. The van der Waals surface area contributed by atoms with Crippen LogP contribution in [0, 0.1) is 12.7 Å². The number of aromatic amines is 1. The van der Waals surface area contributed by atoms with Gasteiger partial charge in [-0.15, -0.1) is 0 Å². The number of halogens is 1. The summed E-state index contributed by atoms with van der Waals surface area (Å²) >= 11 is 0. The molecule has 0 saturated heterocycles. The first-order valence-electron chi connectivity index (χ1n) is 11.1. The molecule has 4 heterocycles. The van der Waals surface area contributed by atoms with Gasteiger partial charge in [0.2, 0.25) is 18.6 Å². The Labute approximate surface area is 207 Å². The van der Waals surface area contributed by atoms with Gasteiger partial charge in [-0.05, 0) is 55.0 Å². The molecule has 184 valence electrons. The van der Waals surface area contributed by atoms with Gasteiger partial charge >= 0.3 is 0 Å². The first-order chi connectivity index (χ1) is 17.9. The minimum absolute atomic E-state index is 0.0736. The Morgan fingerprint density at radius 1 is 1.11 bits per heavy atom. The van der Waals surface area contributed by atoms with E-state index in [1.807, 2.05) is 0 Å². The third-order valence-electron chi connectivity index (χ3n) is 5.60. The Balaban J connectivity index is 1.31. The molecule has 0 aliphatic carbocycles. The molecule has 2 N–H and O–H groups in total. The predicted octanol–water partition coefficient (Wildman–Crippen LogP) is 3.12. The van der Waals surface area contributed by atoms with Gasteiger partial charge in [-0.25, -0.2) is 9.07 Å². The molecule has 0 radical (unpaired) electrons. The van der Waals surface area contributed by atoms with Crippen LogP contribution in [0.25, 0.3) is 28.7 Å². The molecule has 37 heavy (non-hydrogen) atoms. The van der Waals surface area contributed by atoms with Crippen molar-refractivity contribution in [2.45, 2.75) is 6.92 Å². The van der Waals surface area contributed by atoms with E-state index in [9.17, 15) is 14.0 Å². The molecule has 0 unspecified atom stereocenters. The molecule has 1 aliphatic heterocycles. The Morgan fingerprint density at radius 3 is 2.76 bits per heavy atom.